The van der Waals surface area contributed by atoms with Crippen LogP contribution in [0.15, 0.2) is 35.9 Å². The molecule has 5 heteroatoms. The lowest BCUT2D eigenvalue weighted by molar-refractivity contribution is -0.133. The molecular formula is C20H27NO4. The lowest BCUT2D eigenvalue weighted by Crippen LogP contribution is -2.39. The van der Waals surface area contributed by atoms with Gasteiger partial charge in [-0.1, -0.05) is 18.6 Å². The van der Waals surface area contributed by atoms with E-state index in [9.17, 15) is 15.0 Å². The van der Waals surface area contributed by atoms with Gasteiger partial charge in [-0.2, -0.15) is 0 Å². The summed E-state index contributed by atoms with van der Waals surface area (Å²) < 4.78 is 5.77. The fraction of sp³-hybridized carbons (Fsp3) is 0.450. The van der Waals surface area contributed by atoms with E-state index in [2.05, 4.69) is 26.8 Å². The number of carbonyl (C=O) groups excluding carboxylic acids is 1. The van der Waals surface area contributed by atoms with Crippen molar-refractivity contribution in [1.82, 2.24) is 4.90 Å². The number of hydrogen-bond donors (Lipinski definition) is 2. The van der Waals surface area contributed by atoms with Gasteiger partial charge in [0.25, 0.3) is 0 Å². The third kappa shape index (κ3) is 5.36. The first-order chi connectivity index (χ1) is 11.9. The van der Waals surface area contributed by atoms with Crippen LogP contribution in [0.4, 0.5) is 0 Å². The maximum absolute atomic E-state index is 12.5. The van der Waals surface area contributed by atoms with E-state index < -0.39 is 0 Å². The Balaban J connectivity index is 1.99. The van der Waals surface area contributed by atoms with Crippen molar-refractivity contribution in [1.29, 1.82) is 0 Å². The van der Waals surface area contributed by atoms with E-state index in [0.29, 0.717) is 18.7 Å². The molecular weight excluding hydrogens is 318 g/mol. The van der Waals surface area contributed by atoms with Crippen LogP contribution in [0, 0.1) is 5.92 Å². The monoisotopic (exact) mass is 345 g/mol. The van der Waals surface area contributed by atoms with Gasteiger partial charge in [-0.25, -0.2) is 0 Å². The Bertz CT molecular complexity index is 662. The molecule has 0 radical (unpaired) electrons. The molecule has 1 aromatic carbocycles. The van der Waals surface area contributed by atoms with Gasteiger partial charge >= 0.3 is 0 Å². The number of phenolic OH excluding ortho intramolecular Hbond substituents is 2. The van der Waals surface area contributed by atoms with Crippen LogP contribution in [0.5, 0.6) is 11.5 Å². The molecule has 2 rings (SSSR count). The third-order valence-electron chi connectivity index (χ3n) is 4.29. The van der Waals surface area contributed by atoms with Crippen molar-refractivity contribution in [2.75, 3.05) is 13.2 Å². The van der Waals surface area contributed by atoms with E-state index in [0.717, 1.165) is 12.8 Å². The van der Waals surface area contributed by atoms with Gasteiger partial charge in [0.05, 0.1) is 6.61 Å². The Kier molecular flexibility index (Phi) is 6.65. The van der Waals surface area contributed by atoms with E-state index >= 15 is 0 Å². The Morgan fingerprint density at radius 2 is 2.16 bits per heavy atom. The summed E-state index contributed by atoms with van der Waals surface area (Å²) in [5.74, 6) is 0.0362. The number of ether oxygens (including phenoxy) is 1. The molecule has 5 nitrogen and oxygen atoms in total. The molecule has 2 N–H and O–H groups in total. The topological polar surface area (TPSA) is 70.0 Å². The van der Waals surface area contributed by atoms with Gasteiger partial charge in [-0.05, 0) is 44.9 Å². The average molecular weight is 345 g/mol. The van der Waals surface area contributed by atoms with Crippen molar-refractivity contribution in [2.45, 2.75) is 39.8 Å². The number of allylic oxidation sites excluding steroid dienone is 2. The van der Waals surface area contributed by atoms with Crippen LogP contribution < -0.4 is 0 Å². The van der Waals surface area contributed by atoms with Crippen LogP contribution in [0.3, 0.4) is 0 Å². The molecule has 1 aliphatic heterocycles. The van der Waals surface area contributed by atoms with Crippen LogP contribution in [0.1, 0.15) is 39.2 Å². The van der Waals surface area contributed by atoms with Crippen molar-refractivity contribution in [3.05, 3.63) is 41.5 Å². The smallest absolute Gasteiger partial charge is 0.248 e. The molecule has 1 saturated heterocycles. The number of phenols is 2. The molecule has 1 heterocycles. The van der Waals surface area contributed by atoms with Gasteiger partial charge in [0.1, 0.15) is 17.7 Å². The molecule has 0 aliphatic carbocycles. The zero-order chi connectivity index (χ0) is 18.4. The van der Waals surface area contributed by atoms with Gasteiger partial charge < -0.3 is 19.8 Å². The first-order valence-corrected chi connectivity index (χ1v) is 8.64. The molecule has 2 unspecified atom stereocenters. The van der Waals surface area contributed by atoms with Crippen LogP contribution in [-0.4, -0.2) is 40.4 Å². The quantitative estimate of drug-likeness (QED) is 0.609. The summed E-state index contributed by atoms with van der Waals surface area (Å²) in [5.41, 5.74) is 1.78. The molecule has 0 saturated carbocycles. The Morgan fingerprint density at radius 3 is 2.84 bits per heavy atom. The lowest BCUT2D eigenvalue weighted by Gasteiger charge is -2.27. The van der Waals surface area contributed by atoms with Crippen molar-refractivity contribution in [3.8, 4) is 11.5 Å². The van der Waals surface area contributed by atoms with E-state index in [-0.39, 0.29) is 29.6 Å². The van der Waals surface area contributed by atoms with Gasteiger partial charge in [-0.15, -0.1) is 0 Å². The number of amides is 1. The van der Waals surface area contributed by atoms with Crippen molar-refractivity contribution >= 4 is 12.0 Å². The van der Waals surface area contributed by atoms with E-state index in [4.69, 9.17) is 4.74 Å². The fourth-order valence-corrected chi connectivity index (χ4v) is 2.90. The second-order valence-corrected chi connectivity index (χ2v) is 6.71. The summed E-state index contributed by atoms with van der Waals surface area (Å²) in [6.07, 6.45) is 6.92. The number of rotatable bonds is 6. The van der Waals surface area contributed by atoms with Crippen LogP contribution in [-0.2, 0) is 9.53 Å². The van der Waals surface area contributed by atoms with Gasteiger partial charge in [0.2, 0.25) is 5.91 Å². The maximum atomic E-state index is 12.5. The molecule has 1 aromatic rings. The van der Waals surface area contributed by atoms with Crippen molar-refractivity contribution in [3.63, 3.8) is 0 Å². The van der Waals surface area contributed by atoms with Gasteiger partial charge in [-0.3, -0.25) is 4.79 Å². The number of benzene rings is 1. The van der Waals surface area contributed by atoms with E-state index in [1.165, 1.54) is 23.8 Å². The minimum Gasteiger partial charge on any atom is -0.508 e. The summed E-state index contributed by atoms with van der Waals surface area (Å²) in [6.45, 7) is 7.38. The van der Waals surface area contributed by atoms with Gasteiger partial charge in [0.15, 0.2) is 0 Å². The number of nitrogens with zero attached hydrogens (tertiary/aromatic N) is 1. The molecule has 1 amide bonds. The van der Waals surface area contributed by atoms with Crippen LogP contribution >= 0.6 is 0 Å². The first-order valence-electron chi connectivity index (χ1n) is 8.64. The molecule has 25 heavy (non-hydrogen) atoms. The summed E-state index contributed by atoms with van der Waals surface area (Å²) in [6, 6.07) is 4.28. The molecule has 0 bridgehead atoms. The minimum atomic E-state index is -0.212. The summed E-state index contributed by atoms with van der Waals surface area (Å²) >= 11 is 0. The second kappa shape index (κ2) is 8.72. The highest BCUT2D eigenvalue weighted by Gasteiger charge is 2.32. The predicted octanol–water partition coefficient (Wildman–Crippen LogP) is 3.68. The Labute approximate surface area is 149 Å². The third-order valence-corrected chi connectivity index (χ3v) is 4.29. The standard InChI is InChI=1S/C20H27NO4/c1-14(2)5-4-6-15(3)20-21(11-12-25-20)19(24)10-8-16-7-9-17(22)13-18(16)23/h5,7-10,13,15,20,22-23H,4,6,11-12H2,1-3H3/b10-8+. The van der Waals surface area contributed by atoms with Crippen molar-refractivity contribution in [2.24, 2.45) is 5.92 Å². The Morgan fingerprint density at radius 1 is 1.40 bits per heavy atom. The molecule has 0 aromatic heterocycles. The van der Waals surface area contributed by atoms with Crippen LogP contribution in [0.2, 0.25) is 0 Å². The summed E-state index contributed by atoms with van der Waals surface area (Å²) in [5, 5.41) is 19.1. The molecule has 1 fully saturated rings. The molecule has 136 valence electrons. The van der Waals surface area contributed by atoms with Crippen molar-refractivity contribution < 1.29 is 19.7 Å². The Hall–Kier alpha value is -2.27. The highest BCUT2D eigenvalue weighted by atomic mass is 16.5. The summed E-state index contributed by atoms with van der Waals surface area (Å²) in [7, 11) is 0. The molecule has 2 atom stereocenters. The highest BCUT2D eigenvalue weighted by molar-refractivity contribution is 5.92. The lowest BCUT2D eigenvalue weighted by atomic mass is 10.0. The first kappa shape index (κ1) is 19.1. The number of carbonyl (C=O) groups is 1. The van der Waals surface area contributed by atoms with E-state index in [1.807, 2.05) is 0 Å². The second-order valence-electron chi connectivity index (χ2n) is 6.71. The van der Waals surface area contributed by atoms with Gasteiger partial charge in [0, 0.05) is 30.2 Å². The maximum Gasteiger partial charge on any atom is 0.248 e. The molecule has 0 spiro atoms. The SMILES string of the molecule is CC(C)=CCCC(C)C1OCCN1C(=O)/C=C/c1ccc(O)cc1O. The summed E-state index contributed by atoms with van der Waals surface area (Å²) in [4.78, 5) is 14.2. The number of hydrogen-bond acceptors (Lipinski definition) is 4. The largest absolute Gasteiger partial charge is 0.508 e. The zero-order valence-electron chi connectivity index (χ0n) is 15.1. The normalized spacial score (nSPS) is 18.5. The molecule has 1 aliphatic rings. The van der Waals surface area contributed by atoms with Crippen LogP contribution in [0.25, 0.3) is 6.08 Å². The minimum absolute atomic E-state index is 0.0147. The fourth-order valence-electron chi connectivity index (χ4n) is 2.90. The number of aromatic hydroxyl groups is 2. The highest BCUT2D eigenvalue weighted by Crippen LogP contribution is 2.25. The zero-order valence-corrected chi connectivity index (χ0v) is 15.1. The predicted molar refractivity (Wildman–Crippen MR) is 98.1 cm³/mol. The average Bonchev–Trinajstić information content (AvgIpc) is 3.03. The van der Waals surface area contributed by atoms with E-state index in [1.54, 1.807) is 17.0 Å².